The molecule has 4 aliphatic rings. The number of ether oxygens (including phenoxy) is 3. The lowest BCUT2D eigenvalue weighted by molar-refractivity contribution is 0.112. The highest BCUT2D eigenvalue weighted by Gasteiger charge is 2.11. The van der Waals surface area contributed by atoms with E-state index in [9.17, 15) is 0 Å². The van der Waals surface area contributed by atoms with Crippen LogP contribution < -0.4 is 10.6 Å². The summed E-state index contributed by atoms with van der Waals surface area (Å²) >= 11 is 1.85. The maximum Gasteiger partial charge on any atom is 0.114 e. The molecule has 1 aliphatic heterocycles. The minimum absolute atomic E-state index is 0.287. The molecule has 72 heavy (non-hydrogen) atoms. The van der Waals surface area contributed by atoms with Crippen LogP contribution >= 0.6 is 11.8 Å². The smallest absolute Gasteiger partial charge is 0.114 e. The summed E-state index contributed by atoms with van der Waals surface area (Å²) in [6, 6.07) is 0.537. The van der Waals surface area contributed by atoms with Gasteiger partial charge in [-0.2, -0.15) is 0 Å². The first-order chi connectivity index (χ1) is 34.6. The summed E-state index contributed by atoms with van der Waals surface area (Å²) < 4.78 is 15.3. The molecule has 3 aliphatic carbocycles. The third-order valence-electron chi connectivity index (χ3n) is 9.66. The highest BCUT2D eigenvalue weighted by Crippen LogP contribution is 2.24. The lowest BCUT2D eigenvalue weighted by Crippen LogP contribution is -2.29. The van der Waals surface area contributed by atoms with Gasteiger partial charge in [-0.05, 0) is 138 Å². The van der Waals surface area contributed by atoms with Gasteiger partial charge >= 0.3 is 0 Å². The Balaban J connectivity index is -0.000000169. The van der Waals surface area contributed by atoms with E-state index in [1.807, 2.05) is 161 Å². The van der Waals surface area contributed by atoms with Gasteiger partial charge in [0.25, 0.3) is 0 Å². The van der Waals surface area contributed by atoms with Crippen molar-refractivity contribution >= 4 is 47.0 Å². The molecule has 0 saturated carbocycles. The lowest BCUT2D eigenvalue weighted by Gasteiger charge is -2.18. The topological polar surface area (TPSA) is 126 Å². The molecule has 4 unspecified atom stereocenters. The Morgan fingerprint density at radius 1 is 0.708 bits per heavy atom. The maximum atomic E-state index is 5.18. The second-order valence-corrected chi connectivity index (χ2v) is 16.5. The summed E-state index contributed by atoms with van der Waals surface area (Å²) in [4.78, 5) is 23.0. The fourth-order valence-corrected chi connectivity index (χ4v) is 5.94. The van der Waals surface area contributed by atoms with Crippen molar-refractivity contribution in [1.82, 2.24) is 10.6 Å². The molecule has 0 aromatic rings. The Kier molecular flexibility index (Phi) is 71.6. The molecule has 2 N–H and O–H groups in total. The molecule has 1 heterocycles. The number of hydrogen-bond acceptors (Lipinski definition) is 11. The van der Waals surface area contributed by atoms with E-state index in [0.29, 0.717) is 17.9 Å². The number of methoxy groups -OCH3 is 3. The fraction of sp³-hybridized carbons (Fsp3) is 0.533. The average molecular weight is 1020 g/mol. The summed E-state index contributed by atoms with van der Waals surface area (Å²) in [6.45, 7) is 27.2. The van der Waals surface area contributed by atoms with E-state index >= 15 is 0 Å². The molecule has 12 heteroatoms. The van der Waals surface area contributed by atoms with Crippen molar-refractivity contribution in [3.63, 3.8) is 0 Å². The molecule has 11 nitrogen and oxygen atoms in total. The van der Waals surface area contributed by atoms with E-state index in [2.05, 4.69) is 111 Å². The van der Waals surface area contributed by atoms with E-state index in [1.165, 1.54) is 47.7 Å². The SMILES string of the molecule is C/C=C\C(=C/C)OC.C/C=C\C=C/C.C/C=C\C=NC.C/C=C\NC.CC1=NCCS1.CC=NC=NC.CN=C(C)C(C)=NC.CNC1C=CC=CC1C.COC1=C(C)CCCC1.COC1C=CC=CC1C. The second kappa shape index (κ2) is 65.8. The molecule has 4 atom stereocenters. The number of aliphatic imine (C=N–C) groups is 6. The lowest BCUT2D eigenvalue weighted by atomic mass is 9.98. The molecular formula is C60H106N8O3S. The van der Waals surface area contributed by atoms with E-state index in [1.54, 1.807) is 61.9 Å². The van der Waals surface area contributed by atoms with Gasteiger partial charge in [-0.1, -0.05) is 105 Å². The summed E-state index contributed by atoms with van der Waals surface area (Å²) in [7, 11) is 16.0. The molecule has 0 fully saturated rings. The summed E-state index contributed by atoms with van der Waals surface area (Å²) in [6.07, 6.45) is 48.6. The van der Waals surface area contributed by atoms with Crippen LogP contribution in [0.4, 0.5) is 0 Å². The van der Waals surface area contributed by atoms with E-state index in [0.717, 1.165) is 30.1 Å². The zero-order valence-corrected chi connectivity index (χ0v) is 50.4. The van der Waals surface area contributed by atoms with Gasteiger partial charge < -0.3 is 24.8 Å². The Morgan fingerprint density at radius 3 is 1.50 bits per heavy atom. The minimum Gasteiger partial charge on any atom is -0.501 e. The molecule has 0 bridgehead atoms. The minimum atomic E-state index is 0.287. The number of hydrogen-bond donors (Lipinski definition) is 2. The Hall–Kier alpha value is -5.17. The van der Waals surface area contributed by atoms with Crippen molar-refractivity contribution < 1.29 is 14.2 Å². The average Bonchev–Trinajstić information content (AvgIpc) is 3.90. The van der Waals surface area contributed by atoms with Gasteiger partial charge in [-0.25, -0.2) is 0 Å². The Bertz CT molecular complexity index is 1620. The van der Waals surface area contributed by atoms with Crippen LogP contribution in [0.25, 0.3) is 0 Å². The van der Waals surface area contributed by atoms with Crippen LogP contribution in [0, 0.1) is 11.8 Å². The van der Waals surface area contributed by atoms with Crippen LogP contribution in [0.15, 0.2) is 163 Å². The van der Waals surface area contributed by atoms with Crippen LogP contribution in [0.1, 0.15) is 116 Å². The molecule has 0 saturated heterocycles. The van der Waals surface area contributed by atoms with Crippen molar-refractivity contribution in [1.29, 1.82) is 0 Å². The van der Waals surface area contributed by atoms with Crippen molar-refractivity contribution in [2.24, 2.45) is 41.8 Å². The monoisotopic (exact) mass is 1020 g/mol. The van der Waals surface area contributed by atoms with Crippen LogP contribution in [0.5, 0.6) is 0 Å². The van der Waals surface area contributed by atoms with Crippen molar-refractivity contribution in [3.8, 4) is 0 Å². The van der Waals surface area contributed by atoms with Gasteiger partial charge in [0.05, 0.1) is 42.5 Å². The first-order valence-electron chi connectivity index (χ1n) is 25.1. The quantitative estimate of drug-likeness (QED) is 0.0971. The number of thioether (sulfide) groups is 1. The second-order valence-electron chi connectivity index (χ2n) is 15.2. The van der Waals surface area contributed by atoms with Crippen molar-refractivity contribution in [2.45, 2.75) is 128 Å². The predicted octanol–water partition coefficient (Wildman–Crippen LogP) is 14.9. The largest absolute Gasteiger partial charge is 0.501 e. The normalized spacial score (nSPS) is 19.1. The number of likely N-dealkylation sites (N-methyl/N-ethyl adjacent to an activating group) is 1. The van der Waals surface area contributed by atoms with E-state index in [-0.39, 0.29) is 6.10 Å². The third-order valence-corrected chi connectivity index (χ3v) is 10.6. The van der Waals surface area contributed by atoms with Gasteiger partial charge in [-0.3, -0.25) is 30.0 Å². The number of rotatable bonds is 10. The predicted molar refractivity (Wildman–Crippen MR) is 332 cm³/mol. The molecule has 0 aromatic carbocycles. The molecule has 0 radical (unpaired) electrons. The number of nitrogens with one attached hydrogen (secondary N) is 2. The van der Waals surface area contributed by atoms with Gasteiger partial charge in [0, 0.05) is 85.5 Å². The molecule has 0 aromatic heterocycles. The van der Waals surface area contributed by atoms with Gasteiger partial charge in [0.15, 0.2) is 0 Å². The number of nitrogens with zero attached hydrogens (tertiary/aromatic N) is 6. The standard InChI is InChI=1S/C8H13N.C8H14O.C8H12O.C7H12O.C6H12N2.C6H10.C5H9N.C4H8N2.C4H7NS.C4H9N/c3*1-7-5-3-4-6-8(7)9-2;1-4-6-7(5-2)8-3;1-5(7-3)6(2)8-4;1-3-5-6-4-2;1-3-4-5-6-2;1-3-6-4-5-2;1-4-5-2-3-6-4;1-3-4-5-2/h3-9H,1-2H3;3-6H2,1-2H3;3-8H,1-2H3;4-6H,1-3H3;1-4H3;3-6H,1-2H3;3-5H,1-2H3;3-4H,1-2H3;2-3H2,1H3;3-5H,1-2H3/b;;;6-4-,7-5+;;5-3-,6-4-;4-3-,6-5?;;;4-3-. The van der Waals surface area contributed by atoms with Gasteiger partial charge in [0.2, 0.25) is 0 Å². The van der Waals surface area contributed by atoms with Crippen LogP contribution in [-0.4, -0.2) is 123 Å². The molecule has 410 valence electrons. The maximum absolute atomic E-state index is 5.18. The Labute approximate surface area is 448 Å². The Morgan fingerprint density at radius 2 is 1.26 bits per heavy atom. The van der Waals surface area contributed by atoms with Gasteiger partial charge in [-0.15, -0.1) is 11.8 Å². The van der Waals surface area contributed by atoms with Crippen LogP contribution in [-0.2, 0) is 14.2 Å². The van der Waals surface area contributed by atoms with Gasteiger partial charge in [0.1, 0.15) is 12.1 Å². The fourth-order valence-electron chi connectivity index (χ4n) is 5.28. The third kappa shape index (κ3) is 59.1. The zero-order chi connectivity index (χ0) is 56.1. The first kappa shape index (κ1) is 78.3. The molecule has 0 spiro atoms. The summed E-state index contributed by atoms with van der Waals surface area (Å²) in [5, 5.41) is 7.30. The summed E-state index contributed by atoms with van der Waals surface area (Å²) in [5.41, 5.74) is 3.46. The zero-order valence-electron chi connectivity index (χ0n) is 49.6. The van der Waals surface area contributed by atoms with Crippen LogP contribution in [0.2, 0.25) is 0 Å². The number of allylic oxidation sites excluding steroid dienone is 16. The van der Waals surface area contributed by atoms with Crippen LogP contribution in [0.3, 0.4) is 0 Å². The highest BCUT2D eigenvalue weighted by atomic mass is 32.2. The summed E-state index contributed by atoms with van der Waals surface area (Å²) in [5.74, 6) is 4.50. The first-order valence-corrected chi connectivity index (χ1v) is 26.0. The molecule has 0 amide bonds. The van der Waals surface area contributed by atoms with E-state index < -0.39 is 0 Å². The van der Waals surface area contributed by atoms with E-state index in [4.69, 9.17) is 14.2 Å². The molecule has 4 rings (SSSR count). The van der Waals surface area contributed by atoms with Crippen molar-refractivity contribution in [3.05, 3.63) is 133 Å². The molecular weight excluding hydrogens is 913 g/mol. The highest BCUT2D eigenvalue weighted by molar-refractivity contribution is 8.14. The van der Waals surface area contributed by atoms with Crippen molar-refractivity contribution in [2.75, 3.05) is 75.9 Å².